The fourth-order valence-corrected chi connectivity index (χ4v) is 3.95. The molecule has 11 heteroatoms. The summed E-state index contributed by atoms with van der Waals surface area (Å²) in [4.78, 5) is 12.4. The van der Waals surface area contributed by atoms with Crippen molar-refractivity contribution >= 4 is 34.2 Å². The molecule has 0 amide bonds. The molecule has 0 saturated carbocycles. The zero-order valence-electron chi connectivity index (χ0n) is 16.8. The molecular formula is C18H22N4O5S2. The van der Waals surface area contributed by atoms with E-state index >= 15 is 0 Å². The Morgan fingerprint density at radius 1 is 1.21 bits per heavy atom. The van der Waals surface area contributed by atoms with Crippen LogP contribution in [0, 0.1) is 0 Å². The third-order valence-electron chi connectivity index (χ3n) is 3.76. The molecule has 0 radical (unpaired) electrons. The molecule has 1 aromatic carbocycles. The van der Waals surface area contributed by atoms with Crippen molar-refractivity contribution in [2.45, 2.75) is 31.8 Å². The fraction of sp³-hybridized carbons (Fsp3) is 0.444. The summed E-state index contributed by atoms with van der Waals surface area (Å²) >= 11 is 3.17. The molecule has 2 heterocycles. The lowest BCUT2D eigenvalue weighted by atomic mass is 10.2. The van der Waals surface area contributed by atoms with E-state index in [4.69, 9.17) is 18.9 Å². The molecule has 0 saturated heterocycles. The van der Waals surface area contributed by atoms with Crippen molar-refractivity contribution in [2.75, 3.05) is 20.8 Å². The van der Waals surface area contributed by atoms with Crippen LogP contribution in [-0.4, -0.2) is 52.0 Å². The molecular weight excluding hydrogens is 416 g/mol. The number of thioether (sulfide) groups is 1. The maximum absolute atomic E-state index is 11.7. The van der Waals surface area contributed by atoms with Gasteiger partial charge in [-0.05, 0) is 24.3 Å². The molecule has 0 aliphatic carbocycles. The number of fused-ring (bicyclic) bond motifs is 1. The molecule has 2 aromatic heterocycles. The summed E-state index contributed by atoms with van der Waals surface area (Å²) in [7, 11) is 2.97. The van der Waals surface area contributed by atoms with E-state index in [-0.39, 0.29) is 12.4 Å². The number of nitrogens with zero attached hydrogens (tertiary/aromatic N) is 4. The van der Waals surface area contributed by atoms with Gasteiger partial charge in [0.1, 0.15) is 5.01 Å². The average molecular weight is 439 g/mol. The molecule has 29 heavy (non-hydrogen) atoms. The van der Waals surface area contributed by atoms with Gasteiger partial charge in [-0.25, -0.2) is 4.79 Å². The number of carbonyl (C=O) groups is 1. The van der Waals surface area contributed by atoms with E-state index in [0.717, 1.165) is 17.1 Å². The molecule has 3 rings (SSSR count). The summed E-state index contributed by atoms with van der Waals surface area (Å²) in [6, 6.07) is 3.46. The molecule has 0 fully saturated rings. The summed E-state index contributed by atoms with van der Waals surface area (Å²) in [5.41, 5.74) is 0.743. The molecule has 0 spiro atoms. The molecule has 3 aromatic rings. The standard InChI is InChI=1S/C18H22N4O5S2/c1-6-26-18(23)27-15-12(24-4)7-11(8-13(15)25-5)16-21-22-14(9-28-10(2)3)19-20-17(22)29-16/h7-8,10H,6,9H2,1-5H3. The number of ether oxygens (including phenoxy) is 4. The summed E-state index contributed by atoms with van der Waals surface area (Å²) in [6.07, 6.45) is -0.831. The maximum Gasteiger partial charge on any atom is 0.514 e. The highest BCUT2D eigenvalue weighted by molar-refractivity contribution is 7.99. The maximum atomic E-state index is 11.7. The topological polar surface area (TPSA) is 97.1 Å². The average Bonchev–Trinajstić information content (AvgIpc) is 3.27. The van der Waals surface area contributed by atoms with Crippen LogP contribution < -0.4 is 14.2 Å². The van der Waals surface area contributed by atoms with E-state index in [9.17, 15) is 4.79 Å². The lowest BCUT2D eigenvalue weighted by molar-refractivity contribution is 0.102. The van der Waals surface area contributed by atoms with Gasteiger partial charge < -0.3 is 18.9 Å². The van der Waals surface area contributed by atoms with Gasteiger partial charge in [0.2, 0.25) is 10.7 Å². The van der Waals surface area contributed by atoms with Crippen molar-refractivity contribution in [3.63, 3.8) is 0 Å². The van der Waals surface area contributed by atoms with Crippen LogP contribution in [0.3, 0.4) is 0 Å². The zero-order chi connectivity index (χ0) is 21.0. The summed E-state index contributed by atoms with van der Waals surface area (Å²) in [6.45, 7) is 6.16. The number of methoxy groups -OCH3 is 2. The predicted octanol–water partition coefficient (Wildman–Crippen LogP) is 4.05. The highest BCUT2D eigenvalue weighted by Crippen LogP contribution is 2.42. The van der Waals surface area contributed by atoms with Crippen molar-refractivity contribution in [2.24, 2.45) is 0 Å². The molecule has 0 unspecified atom stereocenters. The largest absolute Gasteiger partial charge is 0.514 e. The highest BCUT2D eigenvalue weighted by atomic mass is 32.2. The SMILES string of the molecule is CCOC(=O)Oc1c(OC)cc(-c2nn3c(CSC(C)C)nnc3s2)cc1OC. The first kappa shape index (κ1) is 21.2. The van der Waals surface area contributed by atoms with Crippen molar-refractivity contribution in [1.82, 2.24) is 19.8 Å². The second kappa shape index (κ2) is 9.31. The molecule has 0 aliphatic heterocycles. The van der Waals surface area contributed by atoms with E-state index in [1.165, 1.54) is 25.6 Å². The number of benzene rings is 1. The minimum absolute atomic E-state index is 0.147. The van der Waals surface area contributed by atoms with Crippen LogP contribution in [0.5, 0.6) is 17.2 Å². The molecule has 156 valence electrons. The van der Waals surface area contributed by atoms with Crippen LogP contribution in [-0.2, 0) is 10.5 Å². The Hall–Kier alpha value is -2.53. The Labute approximate surface area is 176 Å². The second-order valence-corrected chi connectivity index (χ2v) is 8.59. The lowest BCUT2D eigenvalue weighted by Gasteiger charge is -2.14. The molecule has 0 aliphatic rings. The summed E-state index contributed by atoms with van der Waals surface area (Å²) in [5.74, 6) is 2.32. The normalized spacial score (nSPS) is 11.1. The van der Waals surface area contributed by atoms with Crippen LogP contribution in [0.2, 0.25) is 0 Å². The van der Waals surface area contributed by atoms with Gasteiger partial charge in [0.15, 0.2) is 17.3 Å². The Balaban J connectivity index is 1.97. The monoisotopic (exact) mass is 438 g/mol. The van der Waals surface area contributed by atoms with Crippen LogP contribution in [0.1, 0.15) is 26.6 Å². The second-order valence-electron chi connectivity index (χ2n) is 6.07. The van der Waals surface area contributed by atoms with E-state index in [1.54, 1.807) is 35.3 Å². The minimum atomic E-state index is -0.831. The number of rotatable bonds is 8. The first-order valence-electron chi connectivity index (χ1n) is 8.90. The van der Waals surface area contributed by atoms with E-state index < -0.39 is 6.16 Å². The first-order valence-corrected chi connectivity index (χ1v) is 10.8. The summed E-state index contributed by atoms with van der Waals surface area (Å²) in [5, 5.41) is 14.3. The van der Waals surface area contributed by atoms with Crippen LogP contribution in [0.25, 0.3) is 15.5 Å². The van der Waals surface area contributed by atoms with Crippen LogP contribution >= 0.6 is 23.1 Å². The lowest BCUT2D eigenvalue weighted by Crippen LogP contribution is -2.11. The number of carbonyl (C=O) groups excluding carboxylic acids is 1. The van der Waals surface area contributed by atoms with Gasteiger partial charge in [0, 0.05) is 5.56 Å². The third kappa shape index (κ3) is 4.73. The van der Waals surface area contributed by atoms with E-state index in [0.29, 0.717) is 26.7 Å². The Kier molecular flexibility index (Phi) is 6.80. The Morgan fingerprint density at radius 2 is 1.90 bits per heavy atom. The first-order chi connectivity index (χ1) is 14.0. The minimum Gasteiger partial charge on any atom is -0.493 e. The Bertz CT molecular complexity index is 976. The van der Waals surface area contributed by atoms with E-state index in [2.05, 4.69) is 29.1 Å². The molecule has 9 nitrogen and oxygen atoms in total. The third-order valence-corrected chi connectivity index (χ3v) is 5.80. The molecule has 0 N–H and O–H groups in total. The van der Waals surface area contributed by atoms with Gasteiger partial charge in [-0.2, -0.15) is 21.4 Å². The van der Waals surface area contributed by atoms with Gasteiger partial charge in [0.05, 0.1) is 26.6 Å². The Morgan fingerprint density at radius 3 is 2.48 bits per heavy atom. The van der Waals surface area contributed by atoms with Crippen LogP contribution in [0.4, 0.5) is 4.79 Å². The number of hydrogen-bond donors (Lipinski definition) is 0. The van der Waals surface area contributed by atoms with Gasteiger partial charge in [-0.15, -0.1) is 10.2 Å². The van der Waals surface area contributed by atoms with Gasteiger partial charge in [-0.1, -0.05) is 25.2 Å². The van der Waals surface area contributed by atoms with Crippen molar-refractivity contribution in [1.29, 1.82) is 0 Å². The number of hydrogen-bond acceptors (Lipinski definition) is 10. The molecule has 0 atom stereocenters. The van der Waals surface area contributed by atoms with Gasteiger partial charge >= 0.3 is 6.16 Å². The zero-order valence-corrected chi connectivity index (χ0v) is 18.4. The van der Waals surface area contributed by atoms with Crippen molar-refractivity contribution in [3.05, 3.63) is 18.0 Å². The fourth-order valence-electron chi connectivity index (χ4n) is 2.44. The predicted molar refractivity (Wildman–Crippen MR) is 111 cm³/mol. The van der Waals surface area contributed by atoms with Crippen molar-refractivity contribution in [3.8, 4) is 27.8 Å². The van der Waals surface area contributed by atoms with E-state index in [1.807, 2.05) is 0 Å². The quantitative estimate of drug-likeness (QED) is 0.381. The van der Waals surface area contributed by atoms with Gasteiger partial charge in [-0.3, -0.25) is 0 Å². The highest BCUT2D eigenvalue weighted by Gasteiger charge is 2.21. The summed E-state index contributed by atoms with van der Waals surface area (Å²) < 4.78 is 22.6. The van der Waals surface area contributed by atoms with Crippen molar-refractivity contribution < 1.29 is 23.7 Å². The van der Waals surface area contributed by atoms with Gasteiger partial charge in [0.25, 0.3) is 0 Å². The number of aromatic nitrogens is 4. The van der Waals surface area contributed by atoms with Crippen LogP contribution in [0.15, 0.2) is 12.1 Å². The molecule has 0 bridgehead atoms. The smallest absolute Gasteiger partial charge is 0.493 e.